The lowest BCUT2D eigenvalue weighted by molar-refractivity contribution is -0.119. The van der Waals surface area contributed by atoms with Gasteiger partial charge in [0.2, 0.25) is 11.8 Å². The molecule has 5 rings (SSSR count). The topological polar surface area (TPSA) is 58.4 Å². The lowest BCUT2D eigenvalue weighted by atomic mass is 10.1. The van der Waals surface area contributed by atoms with Crippen LogP contribution in [-0.4, -0.2) is 35.0 Å². The van der Waals surface area contributed by atoms with Crippen molar-refractivity contribution in [1.29, 1.82) is 0 Å². The Bertz CT molecular complexity index is 1330. The molecular weight excluding hydrogens is 412 g/mol. The number of benzene rings is 3. The van der Waals surface area contributed by atoms with Crippen LogP contribution in [0.5, 0.6) is 0 Å². The number of amides is 2. The van der Waals surface area contributed by atoms with Gasteiger partial charge in [-0.3, -0.25) is 9.59 Å². The second-order valence-electron chi connectivity index (χ2n) is 8.58. The normalized spacial score (nSPS) is 15.9. The van der Waals surface area contributed by atoms with Gasteiger partial charge in [-0.2, -0.15) is 0 Å². The number of fused-ring (bicyclic) bond motifs is 1. The summed E-state index contributed by atoms with van der Waals surface area (Å²) >= 11 is 0. The highest BCUT2D eigenvalue weighted by Gasteiger charge is 2.35. The van der Waals surface area contributed by atoms with E-state index >= 15 is 0 Å². The number of likely N-dealkylation sites (N-methyl/N-ethyl adjacent to an activating group) is 1. The molecule has 0 spiro atoms. The van der Waals surface area contributed by atoms with E-state index < -0.39 is 0 Å². The fourth-order valence-corrected chi connectivity index (χ4v) is 4.53. The van der Waals surface area contributed by atoms with Crippen molar-refractivity contribution in [1.82, 2.24) is 9.55 Å². The van der Waals surface area contributed by atoms with E-state index in [2.05, 4.69) is 0 Å². The van der Waals surface area contributed by atoms with Crippen molar-refractivity contribution in [2.45, 2.75) is 25.8 Å². The molecule has 1 fully saturated rings. The molecule has 166 valence electrons. The summed E-state index contributed by atoms with van der Waals surface area (Å²) in [6.07, 6.45) is 0.375. The van der Waals surface area contributed by atoms with Crippen LogP contribution in [-0.2, 0) is 16.1 Å². The van der Waals surface area contributed by atoms with Gasteiger partial charge in [0.1, 0.15) is 12.4 Å². The first-order valence-electron chi connectivity index (χ1n) is 11.1. The van der Waals surface area contributed by atoms with Gasteiger partial charge in [0.15, 0.2) is 0 Å². The zero-order valence-electron chi connectivity index (χ0n) is 18.8. The molecule has 3 aromatic carbocycles. The molecule has 0 bridgehead atoms. The summed E-state index contributed by atoms with van der Waals surface area (Å²) in [6.45, 7) is 2.74. The number of para-hydroxylation sites is 3. The van der Waals surface area contributed by atoms with Crippen molar-refractivity contribution in [2.24, 2.45) is 0 Å². The van der Waals surface area contributed by atoms with E-state index in [1.807, 2.05) is 95.3 Å². The molecule has 1 aliphatic rings. The summed E-state index contributed by atoms with van der Waals surface area (Å²) in [5.41, 5.74) is 4.61. The number of aromatic nitrogens is 2. The molecule has 1 saturated heterocycles. The molecule has 6 nitrogen and oxygen atoms in total. The number of anilines is 2. The maximum Gasteiger partial charge on any atom is 0.246 e. The van der Waals surface area contributed by atoms with Gasteiger partial charge in [-0.25, -0.2) is 4.98 Å². The number of imidazole rings is 1. The first kappa shape index (κ1) is 20.9. The molecule has 0 saturated carbocycles. The summed E-state index contributed by atoms with van der Waals surface area (Å²) in [6, 6.07) is 25.4. The first-order chi connectivity index (χ1) is 16.0. The molecule has 6 heteroatoms. The maximum absolute atomic E-state index is 13.2. The van der Waals surface area contributed by atoms with Gasteiger partial charge in [0.05, 0.1) is 11.0 Å². The number of nitrogens with zero attached hydrogens (tertiary/aromatic N) is 4. The highest BCUT2D eigenvalue weighted by atomic mass is 16.2. The summed E-state index contributed by atoms with van der Waals surface area (Å²) in [4.78, 5) is 34.5. The van der Waals surface area contributed by atoms with Gasteiger partial charge in [0.25, 0.3) is 0 Å². The second-order valence-corrected chi connectivity index (χ2v) is 8.58. The van der Waals surface area contributed by atoms with E-state index in [0.29, 0.717) is 13.0 Å². The van der Waals surface area contributed by atoms with Gasteiger partial charge < -0.3 is 14.4 Å². The SMILES string of the molecule is Cc1cccc(N2CC(c3nc4ccccc4n3CC(=O)N(C)c3ccccc3)CC2=O)c1. The lowest BCUT2D eigenvalue weighted by Crippen LogP contribution is -2.31. The van der Waals surface area contributed by atoms with Crippen LogP contribution in [0.4, 0.5) is 11.4 Å². The molecule has 0 aliphatic carbocycles. The Hall–Kier alpha value is -3.93. The summed E-state index contributed by atoms with van der Waals surface area (Å²) in [5.74, 6) is 0.747. The third-order valence-corrected chi connectivity index (χ3v) is 6.30. The van der Waals surface area contributed by atoms with Gasteiger partial charge in [-0.1, -0.05) is 42.5 Å². The molecule has 2 amide bonds. The minimum Gasteiger partial charge on any atom is -0.318 e. The molecule has 4 aromatic rings. The number of aryl methyl sites for hydroxylation is 1. The van der Waals surface area contributed by atoms with E-state index in [1.54, 1.807) is 11.9 Å². The van der Waals surface area contributed by atoms with Gasteiger partial charge in [-0.05, 0) is 48.9 Å². The van der Waals surface area contributed by atoms with E-state index in [4.69, 9.17) is 4.98 Å². The average molecular weight is 439 g/mol. The first-order valence-corrected chi connectivity index (χ1v) is 11.1. The van der Waals surface area contributed by atoms with Crippen LogP contribution < -0.4 is 9.80 Å². The van der Waals surface area contributed by atoms with Crippen molar-refractivity contribution in [3.8, 4) is 0 Å². The molecule has 1 aromatic heterocycles. The van der Waals surface area contributed by atoms with Crippen molar-refractivity contribution < 1.29 is 9.59 Å². The minimum absolute atomic E-state index is 0.0366. The van der Waals surface area contributed by atoms with Crippen LogP contribution in [0.25, 0.3) is 11.0 Å². The number of carbonyl (C=O) groups is 2. The van der Waals surface area contributed by atoms with E-state index in [-0.39, 0.29) is 24.3 Å². The van der Waals surface area contributed by atoms with Crippen LogP contribution in [0.2, 0.25) is 0 Å². The molecule has 0 radical (unpaired) electrons. The summed E-state index contributed by atoms with van der Waals surface area (Å²) in [5, 5.41) is 0. The Morgan fingerprint density at radius 3 is 2.58 bits per heavy atom. The van der Waals surface area contributed by atoms with Gasteiger partial charge in [-0.15, -0.1) is 0 Å². The molecule has 1 atom stereocenters. The van der Waals surface area contributed by atoms with Crippen molar-refractivity contribution in [3.63, 3.8) is 0 Å². The molecule has 2 heterocycles. The Labute approximate surface area is 193 Å². The number of rotatable bonds is 5. The van der Waals surface area contributed by atoms with E-state index in [1.165, 1.54) is 0 Å². The zero-order chi connectivity index (χ0) is 22.9. The fourth-order valence-electron chi connectivity index (χ4n) is 4.53. The smallest absolute Gasteiger partial charge is 0.246 e. The molecule has 33 heavy (non-hydrogen) atoms. The number of hydrogen-bond acceptors (Lipinski definition) is 3. The quantitative estimate of drug-likeness (QED) is 0.460. The van der Waals surface area contributed by atoms with Crippen molar-refractivity contribution in [3.05, 3.63) is 90.3 Å². The standard InChI is InChI=1S/C27H26N4O2/c1-19-9-8-12-22(15-19)30-17-20(16-25(30)32)27-28-23-13-6-7-14-24(23)31(27)18-26(33)29(2)21-10-4-3-5-11-21/h3-15,20H,16-18H2,1-2H3. The average Bonchev–Trinajstić information content (AvgIpc) is 3.39. The highest BCUT2D eigenvalue weighted by Crippen LogP contribution is 2.33. The molecule has 0 N–H and O–H groups in total. The Morgan fingerprint density at radius 2 is 1.79 bits per heavy atom. The second kappa shape index (κ2) is 8.54. The summed E-state index contributed by atoms with van der Waals surface area (Å²) in [7, 11) is 1.79. The monoisotopic (exact) mass is 438 g/mol. The van der Waals surface area contributed by atoms with Crippen molar-refractivity contribution >= 4 is 34.2 Å². The maximum atomic E-state index is 13.2. The minimum atomic E-state index is -0.0831. The molecule has 1 unspecified atom stereocenters. The highest BCUT2D eigenvalue weighted by molar-refractivity contribution is 5.97. The zero-order valence-corrected chi connectivity index (χ0v) is 18.8. The fraction of sp³-hybridized carbons (Fsp3) is 0.222. The van der Waals surface area contributed by atoms with Gasteiger partial charge >= 0.3 is 0 Å². The van der Waals surface area contributed by atoms with Crippen LogP contribution in [0.3, 0.4) is 0 Å². The Balaban J connectivity index is 1.47. The predicted octanol–water partition coefficient (Wildman–Crippen LogP) is 4.53. The third kappa shape index (κ3) is 4.00. The largest absolute Gasteiger partial charge is 0.318 e. The van der Waals surface area contributed by atoms with Crippen molar-refractivity contribution in [2.75, 3.05) is 23.4 Å². The molecule has 1 aliphatic heterocycles. The number of hydrogen-bond donors (Lipinski definition) is 0. The lowest BCUT2D eigenvalue weighted by Gasteiger charge is -2.20. The van der Waals surface area contributed by atoms with E-state index in [9.17, 15) is 9.59 Å². The van der Waals surface area contributed by atoms with Crippen LogP contribution >= 0.6 is 0 Å². The van der Waals surface area contributed by atoms with Crippen LogP contribution in [0.15, 0.2) is 78.9 Å². The predicted molar refractivity (Wildman–Crippen MR) is 130 cm³/mol. The Kier molecular flexibility index (Phi) is 5.42. The van der Waals surface area contributed by atoms with Gasteiger partial charge in [0, 0.05) is 37.3 Å². The summed E-state index contributed by atoms with van der Waals surface area (Å²) < 4.78 is 1.98. The third-order valence-electron chi connectivity index (χ3n) is 6.30. The number of carbonyl (C=O) groups excluding carboxylic acids is 2. The van der Waals surface area contributed by atoms with Crippen LogP contribution in [0.1, 0.15) is 23.7 Å². The van der Waals surface area contributed by atoms with Crippen LogP contribution in [0, 0.1) is 6.92 Å². The Morgan fingerprint density at radius 1 is 1.03 bits per heavy atom. The molecular formula is C27H26N4O2. The van der Waals surface area contributed by atoms with E-state index in [0.717, 1.165) is 33.8 Å².